The summed E-state index contributed by atoms with van der Waals surface area (Å²) >= 11 is 0. The summed E-state index contributed by atoms with van der Waals surface area (Å²) in [6.07, 6.45) is 5.88. The van der Waals surface area contributed by atoms with Gasteiger partial charge in [0.15, 0.2) is 0 Å². The Kier molecular flexibility index (Phi) is 3.66. The molecular formula is C11H16N2O2. The van der Waals surface area contributed by atoms with Crippen LogP contribution in [0.5, 0.6) is 0 Å². The zero-order chi connectivity index (χ0) is 11.4. The SMILES string of the molecule is CC(C)CC(=Cc1ccn(C)c1)[N+](=O)[O-]. The zero-order valence-electron chi connectivity index (χ0n) is 9.30. The Morgan fingerprint density at radius 2 is 2.33 bits per heavy atom. The van der Waals surface area contributed by atoms with Crippen LogP contribution in [0.25, 0.3) is 6.08 Å². The van der Waals surface area contributed by atoms with Gasteiger partial charge in [-0.1, -0.05) is 13.8 Å². The van der Waals surface area contributed by atoms with Gasteiger partial charge in [-0.25, -0.2) is 0 Å². The Labute approximate surface area is 89.4 Å². The van der Waals surface area contributed by atoms with Crippen molar-refractivity contribution in [2.75, 3.05) is 0 Å². The lowest BCUT2D eigenvalue weighted by Crippen LogP contribution is -2.02. The van der Waals surface area contributed by atoms with Crippen LogP contribution in [0.4, 0.5) is 0 Å². The van der Waals surface area contributed by atoms with E-state index in [-0.39, 0.29) is 10.6 Å². The van der Waals surface area contributed by atoms with Gasteiger partial charge in [0, 0.05) is 31.9 Å². The van der Waals surface area contributed by atoms with E-state index in [1.54, 1.807) is 6.08 Å². The number of nitrogens with zero attached hydrogens (tertiary/aromatic N) is 2. The van der Waals surface area contributed by atoms with Crippen molar-refractivity contribution >= 4 is 6.08 Å². The van der Waals surface area contributed by atoms with Gasteiger partial charge in [0.05, 0.1) is 4.92 Å². The molecule has 1 aromatic rings. The van der Waals surface area contributed by atoms with E-state index >= 15 is 0 Å². The average Bonchev–Trinajstić information content (AvgIpc) is 2.49. The second kappa shape index (κ2) is 4.77. The number of aromatic nitrogens is 1. The molecule has 82 valence electrons. The van der Waals surface area contributed by atoms with Gasteiger partial charge in [-0.15, -0.1) is 0 Å². The first-order valence-corrected chi connectivity index (χ1v) is 4.96. The highest BCUT2D eigenvalue weighted by molar-refractivity contribution is 5.50. The van der Waals surface area contributed by atoms with Gasteiger partial charge >= 0.3 is 0 Å². The van der Waals surface area contributed by atoms with E-state index in [1.165, 1.54) is 0 Å². The van der Waals surface area contributed by atoms with Crippen LogP contribution in [0, 0.1) is 16.0 Å². The molecule has 15 heavy (non-hydrogen) atoms. The van der Waals surface area contributed by atoms with Gasteiger partial charge < -0.3 is 4.57 Å². The summed E-state index contributed by atoms with van der Waals surface area (Å²) in [7, 11) is 1.89. The molecule has 0 aliphatic carbocycles. The molecule has 0 spiro atoms. The van der Waals surface area contributed by atoms with Crippen molar-refractivity contribution in [3.05, 3.63) is 39.8 Å². The summed E-state index contributed by atoms with van der Waals surface area (Å²) in [6.45, 7) is 3.95. The van der Waals surface area contributed by atoms with E-state index in [0.717, 1.165) is 5.56 Å². The molecule has 0 fully saturated rings. The Bertz CT molecular complexity index is 378. The van der Waals surface area contributed by atoms with Crippen molar-refractivity contribution in [2.45, 2.75) is 20.3 Å². The van der Waals surface area contributed by atoms with Crippen LogP contribution in [-0.2, 0) is 7.05 Å². The predicted molar refractivity (Wildman–Crippen MR) is 59.8 cm³/mol. The van der Waals surface area contributed by atoms with Gasteiger partial charge in [0.1, 0.15) is 0 Å². The van der Waals surface area contributed by atoms with Crippen LogP contribution in [0.15, 0.2) is 24.2 Å². The first-order valence-electron chi connectivity index (χ1n) is 4.96. The first-order chi connectivity index (χ1) is 6.99. The van der Waals surface area contributed by atoms with Crippen molar-refractivity contribution in [2.24, 2.45) is 13.0 Å². The first kappa shape index (κ1) is 11.5. The monoisotopic (exact) mass is 208 g/mol. The van der Waals surface area contributed by atoms with E-state index in [9.17, 15) is 10.1 Å². The van der Waals surface area contributed by atoms with Crippen molar-refractivity contribution < 1.29 is 4.92 Å². The number of hydrogen-bond acceptors (Lipinski definition) is 2. The Morgan fingerprint density at radius 3 is 2.73 bits per heavy atom. The minimum Gasteiger partial charge on any atom is -0.357 e. The molecule has 0 amide bonds. The number of aryl methyl sites for hydroxylation is 1. The molecule has 0 atom stereocenters. The topological polar surface area (TPSA) is 48.1 Å². The third kappa shape index (κ3) is 3.58. The van der Waals surface area contributed by atoms with Crippen LogP contribution >= 0.6 is 0 Å². The molecule has 0 aliphatic rings. The molecule has 4 nitrogen and oxygen atoms in total. The lowest BCUT2D eigenvalue weighted by molar-refractivity contribution is -0.427. The second-order valence-electron chi connectivity index (χ2n) is 4.10. The van der Waals surface area contributed by atoms with E-state index in [2.05, 4.69) is 0 Å². The van der Waals surface area contributed by atoms with E-state index < -0.39 is 0 Å². The summed E-state index contributed by atoms with van der Waals surface area (Å²) in [4.78, 5) is 10.5. The van der Waals surface area contributed by atoms with Crippen molar-refractivity contribution in [1.82, 2.24) is 4.57 Å². The molecule has 1 heterocycles. The maximum atomic E-state index is 10.8. The smallest absolute Gasteiger partial charge is 0.247 e. The quantitative estimate of drug-likeness (QED) is 0.564. The summed E-state index contributed by atoms with van der Waals surface area (Å²) in [5, 5.41) is 10.8. The van der Waals surface area contributed by atoms with Gasteiger partial charge in [0.25, 0.3) is 0 Å². The Morgan fingerprint density at radius 1 is 1.67 bits per heavy atom. The lowest BCUT2D eigenvalue weighted by Gasteiger charge is -2.01. The molecule has 1 rings (SSSR count). The minimum atomic E-state index is -0.299. The fourth-order valence-corrected chi connectivity index (χ4v) is 1.41. The van der Waals surface area contributed by atoms with Crippen LogP contribution < -0.4 is 0 Å². The van der Waals surface area contributed by atoms with E-state index in [0.29, 0.717) is 12.3 Å². The van der Waals surface area contributed by atoms with Gasteiger partial charge in [0.2, 0.25) is 5.70 Å². The zero-order valence-corrected chi connectivity index (χ0v) is 9.30. The highest BCUT2D eigenvalue weighted by Gasteiger charge is 2.12. The summed E-state index contributed by atoms with van der Waals surface area (Å²) in [6, 6.07) is 1.86. The fourth-order valence-electron chi connectivity index (χ4n) is 1.41. The highest BCUT2D eigenvalue weighted by Crippen LogP contribution is 2.15. The molecular weight excluding hydrogens is 192 g/mol. The summed E-state index contributed by atoms with van der Waals surface area (Å²) in [5.41, 5.74) is 1.15. The standard InChI is InChI=1S/C11H16N2O2/c1-9(2)6-11(13(14)15)7-10-4-5-12(3)8-10/h4-5,7-9H,6H2,1-3H3. The molecule has 4 heteroatoms. The molecule has 0 unspecified atom stereocenters. The molecule has 0 bridgehead atoms. The van der Waals surface area contributed by atoms with Crippen molar-refractivity contribution in [3.63, 3.8) is 0 Å². The van der Waals surface area contributed by atoms with Gasteiger partial charge in [-0.2, -0.15) is 0 Å². The predicted octanol–water partition coefficient (Wildman–Crippen LogP) is 2.69. The average molecular weight is 208 g/mol. The van der Waals surface area contributed by atoms with Gasteiger partial charge in [-0.3, -0.25) is 10.1 Å². The molecule has 0 N–H and O–H groups in total. The molecule has 0 saturated carbocycles. The van der Waals surface area contributed by atoms with Crippen LogP contribution in [0.3, 0.4) is 0 Å². The van der Waals surface area contributed by atoms with Crippen molar-refractivity contribution in [3.8, 4) is 0 Å². The summed E-state index contributed by atoms with van der Waals surface area (Å²) < 4.78 is 1.87. The number of rotatable bonds is 4. The highest BCUT2D eigenvalue weighted by atomic mass is 16.6. The second-order valence-corrected chi connectivity index (χ2v) is 4.10. The van der Waals surface area contributed by atoms with Crippen molar-refractivity contribution in [1.29, 1.82) is 0 Å². The normalized spacial score (nSPS) is 12.1. The number of hydrogen-bond donors (Lipinski definition) is 0. The van der Waals surface area contributed by atoms with Gasteiger partial charge in [-0.05, 0) is 17.5 Å². The molecule has 1 aromatic heterocycles. The Hall–Kier alpha value is -1.58. The summed E-state index contributed by atoms with van der Waals surface area (Å²) in [5.74, 6) is 0.297. The maximum Gasteiger partial charge on any atom is 0.247 e. The van der Waals surface area contributed by atoms with Crippen LogP contribution in [-0.4, -0.2) is 9.49 Å². The molecule has 0 radical (unpaired) electrons. The Balaban J connectivity index is 2.88. The minimum absolute atomic E-state index is 0.274. The van der Waals surface area contributed by atoms with E-state index in [1.807, 2.05) is 43.9 Å². The fraction of sp³-hybridized carbons (Fsp3) is 0.455. The third-order valence-corrected chi connectivity index (χ3v) is 2.04. The molecule has 0 aliphatic heterocycles. The number of nitro groups is 1. The van der Waals surface area contributed by atoms with E-state index in [4.69, 9.17) is 0 Å². The maximum absolute atomic E-state index is 10.8. The van der Waals surface area contributed by atoms with Crippen LogP contribution in [0.2, 0.25) is 0 Å². The molecule has 0 aromatic carbocycles. The lowest BCUT2D eigenvalue weighted by atomic mass is 10.1. The molecule has 0 saturated heterocycles. The van der Waals surface area contributed by atoms with Crippen LogP contribution in [0.1, 0.15) is 25.8 Å². The number of allylic oxidation sites excluding steroid dienone is 1. The third-order valence-electron chi connectivity index (χ3n) is 2.04. The largest absolute Gasteiger partial charge is 0.357 e.